The summed E-state index contributed by atoms with van der Waals surface area (Å²) in [6, 6.07) is 5.17. The highest BCUT2D eigenvalue weighted by atomic mass is 15.1. The molecule has 1 fully saturated rings. The summed E-state index contributed by atoms with van der Waals surface area (Å²) in [4.78, 5) is 4.53. The van der Waals surface area contributed by atoms with E-state index in [9.17, 15) is 0 Å². The van der Waals surface area contributed by atoms with Gasteiger partial charge in [-0.25, -0.2) is 4.98 Å². The Morgan fingerprint density at radius 1 is 1.24 bits per heavy atom. The first-order valence-corrected chi connectivity index (χ1v) is 8.29. The van der Waals surface area contributed by atoms with Gasteiger partial charge in [0.15, 0.2) is 0 Å². The number of benzene rings is 1. The van der Waals surface area contributed by atoms with Crippen LogP contribution in [0, 0.1) is 19.8 Å². The largest absolute Gasteiger partial charge is 0.329 e. The van der Waals surface area contributed by atoms with Crippen LogP contribution in [0.3, 0.4) is 0 Å². The van der Waals surface area contributed by atoms with Crippen molar-refractivity contribution >= 4 is 11.0 Å². The third-order valence-corrected chi connectivity index (χ3v) is 4.96. The van der Waals surface area contributed by atoms with Gasteiger partial charge in [0, 0.05) is 19.1 Å². The molecule has 2 aromatic rings. The zero-order valence-corrected chi connectivity index (χ0v) is 13.5. The van der Waals surface area contributed by atoms with E-state index in [1.807, 2.05) is 6.33 Å². The van der Waals surface area contributed by atoms with Crippen LogP contribution in [0.4, 0.5) is 0 Å². The standard InChI is InChI=1S/C18H27N3/c1-13-5-4-6-16(9-13)19-7-8-21-12-20-17-10-14(2)15(3)11-18(17)21/h10-13,16,19H,4-9H2,1-3H3. The van der Waals surface area contributed by atoms with Gasteiger partial charge in [-0.3, -0.25) is 0 Å². The maximum absolute atomic E-state index is 4.53. The van der Waals surface area contributed by atoms with Crippen LogP contribution in [0.15, 0.2) is 18.5 Å². The quantitative estimate of drug-likeness (QED) is 0.925. The Bertz CT molecular complexity index is 614. The Balaban J connectivity index is 1.61. The van der Waals surface area contributed by atoms with Crippen molar-refractivity contribution in [3.8, 4) is 0 Å². The lowest BCUT2D eigenvalue weighted by Crippen LogP contribution is -2.35. The molecule has 1 aromatic carbocycles. The average molecular weight is 285 g/mol. The van der Waals surface area contributed by atoms with Crippen molar-refractivity contribution in [1.82, 2.24) is 14.9 Å². The van der Waals surface area contributed by atoms with E-state index >= 15 is 0 Å². The molecule has 0 saturated heterocycles. The van der Waals surface area contributed by atoms with E-state index in [-0.39, 0.29) is 0 Å². The minimum absolute atomic E-state index is 0.715. The molecule has 1 aliphatic rings. The molecule has 1 heterocycles. The van der Waals surface area contributed by atoms with Gasteiger partial charge in [-0.15, -0.1) is 0 Å². The van der Waals surface area contributed by atoms with Gasteiger partial charge in [0.1, 0.15) is 0 Å². The van der Waals surface area contributed by atoms with Crippen molar-refractivity contribution in [3.63, 3.8) is 0 Å². The number of rotatable bonds is 4. The smallest absolute Gasteiger partial charge is 0.0958 e. The molecule has 21 heavy (non-hydrogen) atoms. The summed E-state index contributed by atoms with van der Waals surface area (Å²) in [7, 11) is 0. The monoisotopic (exact) mass is 285 g/mol. The van der Waals surface area contributed by atoms with E-state index in [0.717, 1.165) is 24.5 Å². The van der Waals surface area contributed by atoms with Gasteiger partial charge in [0.25, 0.3) is 0 Å². The van der Waals surface area contributed by atoms with Crippen molar-refractivity contribution < 1.29 is 0 Å². The summed E-state index contributed by atoms with van der Waals surface area (Å²) < 4.78 is 2.28. The van der Waals surface area contributed by atoms with Crippen LogP contribution >= 0.6 is 0 Å². The van der Waals surface area contributed by atoms with E-state index in [4.69, 9.17) is 0 Å². The van der Waals surface area contributed by atoms with E-state index < -0.39 is 0 Å². The van der Waals surface area contributed by atoms with Gasteiger partial charge in [-0.05, 0) is 55.9 Å². The lowest BCUT2D eigenvalue weighted by Gasteiger charge is -2.27. The van der Waals surface area contributed by atoms with Crippen molar-refractivity contribution in [2.45, 2.75) is 59.0 Å². The summed E-state index contributed by atoms with van der Waals surface area (Å²) in [5.41, 5.74) is 5.04. The number of hydrogen-bond donors (Lipinski definition) is 1. The van der Waals surface area contributed by atoms with E-state index in [2.05, 4.69) is 47.8 Å². The predicted octanol–water partition coefficient (Wildman–Crippen LogP) is 3.82. The van der Waals surface area contributed by atoms with Crippen molar-refractivity contribution in [1.29, 1.82) is 0 Å². The number of fused-ring (bicyclic) bond motifs is 1. The Labute approximate surface area is 127 Å². The van der Waals surface area contributed by atoms with Crippen molar-refractivity contribution in [2.24, 2.45) is 5.92 Å². The molecule has 3 nitrogen and oxygen atoms in total. The molecule has 2 unspecified atom stereocenters. The van der Waals surface area contributed by atoms with E-state index in [1.54, 1.807) is 0 Å². The fourth-order valence-corrected chi connectivity index (χ4v) is 3.50. The highest BCUT2D eigenvalue weighted by Crippen LogP contribution is 2.23. The minimum atomic E-state index is 0.715. The number of aromatic nitrogens is 2. The Morgan fingerprint density at radius 3 is 2.86 bits per heavy atom. The molecular weight excluding hydrogens is 258 g/mol. The summed E-state index contributed by atoms with van der Waals surface area (Å²) >= 11 is 0. The lowest BCUT2D eigenvalue weighted by molar-refractivity contribution is 0.299. The molecule has 1 N–H and O–H groups in total. The molecule has 0 amide bonds. The molecule has 114 valence electrons. The van der Waals surface area contributed by atoms with Gasteiger partial charge >= 0.3 is 0 Å². The van der Waals surface area contributed by atoms with Crippen LogP contribution in [0.25, 0.3) is 11.0 Å². The second-order valence-electron chi connectivity index (χ2n) is 6.79. The highest BCUT2D eigenvalue weighted by Gasteiger charge is 2.17. The van der Waals surface area contributed by atoms with Gasteiger partial charge < -0.3 is 9.88 Å². The first kappa shape index (κ1) is 14.6. The number of aryl methyl sites for hydroxylation is 2. The normalized spacial score (nSPS) is 22.8. The van der Waals surface area contributed by atoms with Crippen LogP contribution in [-0.4, -0.2) is 22.1 Å². The van der Waals surface area contributed by atoms with Gasteiger partial charge in [-0.1, -0.05) is 19.8 Å². The number of nitrogens with zero attached hydrogens (tertiary/aromatic N) is 2. The van der Waals surface area contributed by atoms with Gasteiger partial charge in [0.05, 0.1) is 17.4 Å². The molecule has 0 aliphatic heterocycles. The molecule has 1 saturated carbocycles. The molecule has 1 aromatic heterocycles. The first-order chi connectivity index (χ1) is 10.1. The fourth-order valence-electron chi connectivity index (χ4n) is 3.50. The van der Waals surface area contributed by atoms with Crippen LogP contribution in [0.2, 0.25) is 0 Å². The summed E-state index contributed by atoms with van der Waals surface area (Å²) in [6.45, 7) is 8.75. The number of nitrogens with one attached hydrogen (secondary N) is 1. The summed E-state index contributed by atoms with van der Waals surface area (Å²) in [5, 5.41) is 3.73. The molecule has 0 radical (unpaired) electrons. The molecule has 3 heteroatoms. The molecule has 0 bridgehead atoms. The van der Waals surface area contributed by atoms with E-state index in [1.165, 1.54) is 42.3 Å². The van der Waals surface area contributed by atoms with Crippen molar-refractivity contribution in [2.75, 3.05) is 6.54 Å². The van der Waals surface area contributed by atoms with Crippen LogP contribution in [0.1, 0.15) is 43.7 Å². The topological polar surface area (TPSA) is 29.9 Å². The second kappa shape index (κ2) is 6.18. The van der Waals surface area contributed by atoms with Gasteiger partial charge in [-0.2, -0.15) is 0 Å². The predicted molar refractivity (Wildman–Crippen MR) is 88.6 cm³/mol. The zero-order chi connectivity index (χ0) is 14.8. The first-order valence-electron chi connectivity index (χ1n) is 8.29. The van der Waals surface area contributed by atoms with E-state index in [0.29, 0.717) is 6.04 Å². The summed E-state index contributed by atoms with van der Waals surface area (Å²) in [5.74, 6) is 0.885. The minimum Gasteiger partial charge on any atom is -0.329 e. The zero-order valence-electron chi connectivity index (χ0n) is 13.5. The second-order valence-corrected chi connectivity index (χ2v) is 6.79. The third-order valence-electron chi connectivity index (χ3n) is 4.96. The number of imidazole rings is 1. The SMILES string of the molecule is Cc1cc2ncn(CCNC3CCCC(C)C3)c2cc1C. The maximum atomic E-state index is 4.53. The molecule has 2 atom stereocenters. The van der Waals surface area contributed by atoms with Crippen molar-refractivity contribution in [3.05, 3.63) is 29.6 Å². The van der Waals surface area contributed by atoms with Crippen LogP contribution in [-0.2, 0) is 6.54 Å². The Morgan fingerprint density at radius 2 is 2.05 bits per heavy atom. The Kier molecular flexibility index (Phi) is 4.29. The number of hydrogen-bond acceptors (Lipinski definition) is 2. The fraction of sp³-hybridized carbons (Fsp3) is 0.611. The molecule has 1 aliphatic carbocycles. The lowest BCUT2D eigenvalue weighted by atomic mass is 9.87. The molecule has 3 rings (SSSR count). The van der Waals surface area contributed by atoms with Gasteiger partial charge in [0.2, 0.25) is 0 Å². The van der Waals surface area contributed by atoms with Crippen LogP contribution in [0.5, 0.6) is 0 Å². The maximum Gasteiger partial charge on any atom is 0.0958 e. The highest BCUT2D eigenvalue weighted by molar-refractivity contribution is 5.77. The molecular formula is C18H27N3. The molecule has 0 spiro atoms. The third kappa shape index (κ3) is 3.29. The Hall–Kier alpha value is -1.35. The summed E-state index contributed by atoms with van der Waals surface area (Å²) in [6.07, 6.45) is 7.44. The van der Waals surface area contributed by atoms with Crippen LogP contribution < -0.4 is 5.32 Å². The average Bonchev–Trinajstić information content (AvgIpc) is 2.82.